The van der Waals surface area contributed by atoms with E-state index in [0.29, 0.717) is 27.9 Å². The number of hydrogen-bond donors (Lipinski definition) is 0. The standard InChI is InChI=1S/C18H11ClN2O3S/c19-17-9-13(12-4-1-2-5-14(12)20-17)18(22)23-10-11-8-15(24-21-11)16-6-3-7-25-16/h1-9H,10H2. The Balaban J connectivity index is 1.53. The number of halogens is 1. The molecule has 124 valence electrons. The highest BCUT2D eigenvalue weighted by Crippen LogP contribution is 2.26. The molecule has 0 aliphatic heterocycles. The molecule has 7 heteroatoms. The molecule has 0 aliphatic rings. The predicted octanol–water partition coefficient (Wildman–Crippen LogP) is 4.96. The molecule has 3 heterocycles. The highest BCUT2D eigenvalue weighted by Gasteiger charge is 2.15. The minimum Gasteiger partial charge on any atom is -0.455 e. The van der Waals surface area contributed by atoms with E-state index in [1.807, 2.05) is 29.6 Å². The highest BCUT2D eigenvalue weighted by atomic mass is 35.5. The van der Waals surface area contributed by atoms with Gasteiger partial charge in [0.25, 0.3) is 0 Å². The first-order valence-corrected chi connectivity index (χ1v) is 8.68. The number of carbonyl (C=O) groups excluding carboxylic acids is 1. The molecule has 0 atom stereocenters. The van der Waals surface area contributed by atoms with Crippen LogP contribution in [0.15, 0.2) is 58.4 Å². The third kappa shape index (κ3) is 3.26. The number of aromatic nitrogens is 2. The zero-order valence-electron chi connectivity index (χ0n) is 12.8. The summed E-state index contributed by atoms with van der Waals surface area (Å²) in [7, 11) is 0. The molecule has 0 bridgehead atoms. The van der Waals surface area contributed by atoms with E-state index in [9.17, 15) is 4.79 Å². The van der Waals surface area contributed by atoms with Crippen LogP contribution in [0.5, 0.6) is 0 Å². The van der Waals surface area contributed by atoms with Crippen molar-refractivity contribution in [3.05, 3.63) is 70.3 Å². The molecule has 25 heavy (non-hydrogen) atoms. The zero-order chi connectivity index (χ0) is 17.2. The minimum atomic E-state index is -0.485. The predicted molar refractivity (Wildman–Crippen MR) is 95.7 cm³/mol. The zero-order valence-corrected chi connectivity index (χ0v) is 14.4. The molecule has 4 aromatic rings. The van der Waals surface area contributed by atoms with Crippen LogP contribution < -0.4 is 0 Å². The van der Waals surface area contributed by atoms with Crippen molar-refractivity contribution in [1.29, 1.82) is 0 Å². The fourth-order valence-corrected chi connectivity index (χ4v) is 3.32. The summed E-state index contributed by atoms with van der Waals surface area (Å²) in [5, 5.41) is 6.82. The van der Waals surface area contributed by atoms with Gasteiger partial charge < -0.3 is 9.26 Å². The van der Waals surface area contributed by atoms with E-state index in [0.717, 1.165) is 4.88 Å². The van der Waals surface area contributed by atoms with Gasteiger partial charge in [-0.15, -0.1) is 11.3 Å². The van der Waals surface area contributed by atoms with Crippen LogP contribution in [0.4, 0.5) is 0 Å². The number of fused-ring (bicyclic) bond motifs is 1. The summed E-state index contributed by atoms with van der Waals surface area (Å²) >= 11 is 7.55. The summed E-state index contributed by atoms with van der Waals surface area (Å²) in [6.45, 7) is 0.0159. The molecule has 0 aliphatic carbocycles. The SMILES string of the molecule is O=C(OCc1cc(-c2cccs2)on1)c1cc(Cl)nc2ccccc12. The number of pyridine rings is 1. The van der Waals surface area contributed by atoms with Gasteiger partial charge in [0.1, 0.15) is 17.5 Å². The summed E-state index contributed by atoms with van der Waals surface area (Å²) in [5.41, 5.74) is 1.56. The Morgan fingerprint density at radius 3 is 2.92 bits per heavy atom. The molecule has 1 aromatic carbocycles. The van der Waals surface area contributed by atoms with Crippen molar-refractivity contribution >= 4 is 39.8 Å². The molecule has 0 fully saturated rings. The van der Waals surface area contributed by atoms with E-state index in [4.69, 9.17) is 20.9 Å². The van der Waals surface area contributed by atoms with Crippen LogP contribution in [-0.4, -0.2) is 16.1 Å². The summed E-state index contributed by atoms with van der Waals surface area (Å²) in [6.07, 6.45) is 0. The van der Waals surface area contributed by atoms with E-state index in [1.165, 1.54) is 6.07 Å². The van der Waals surface area contributed by atoms with Crippen molar-refractivity contribution < 1.29 is 14.1 Å². The number of carbonyl (C=O) groups is 1. The highest BCUT2D eigenvalue weighted by molar-refractivity contribution is 7.13. The molecule has 0 spiro atoms. The molecule has 5 nitrogen and oxygen atoms in total. The Bertz CT molecular complexity index is 1040. The van der Waals surface area contributed by atoms with Crippen LogP contribution in [0.1, 0.15) is 16.1 Å². The van der Waals surface area contributed by atoms with Crippen LogP contribution >= 0.6 is 22.9 Å². The number of benzene rings is 1. The van der Waals surface area contributed by atoms with Gasteiger partial charge in [0.2, 0.25) is 0 Å². The maximum absolute atomic E-state index is 12.5. The first-order valence-electron chi connectivity index (χ1n) is 7.42. The second-order valence-corrected chi connectivity index (χ2v) is 6.58. The third-order valence-corrected chi connectivity index (χ3v) is 4.66. The average molecular weight is 371 g/mol. The maximum atomic E-state index is 12.5. The van der Waals surface area contributed by atoms with Crippen LogP contribution in [0.25, 0.3) is 21.5 Å². The average Bonchev–Trinajstić information content (AvgIpc) is 3.30. The Labute approximate surface area is 151 Å². The smallest absolute Gasteiger partial charge is 0.339 e. The van der Waals surface area contributed by atoms with Gasteiger partial charge in [-0.2, -0.15) is 0 Å². The number of thiophene rings is 1. The van der Waals surface area contributed by atoms with E-state index in [2.05, 4.69) is 10.1 Å². The topological polar surface area (TPSA) is 65.2 Å². The molecule has 3 aromatic heterocycles. The van der Waals surface area contributed by atoms with Crippen molar-refractivity contribution in [1.82, 2.24) is 10.1 Å². The quantitative estimate of drug-likeness (QED) is 0.375. The minimum absolute atomic E-state index is 0.0159. The largest absolute Gasteiger partial charge is 0.455 e. The van der Waals surface area contributed by atoms with E-state index < -0.39 is 5.97 Å². The third-order valence-electron chi connectivity index (χ3n) is 3.58. The summed E-state index contributed by atoms with van der Waals surface area (Å²) in [6, 6.07) is 14.4. The van der Waals surface area contributed by atoms with E-state index in [-0.39, 0.29) is 11.8 Å². The first-order chi connectivity index (χ1) is 12.2. The number of esters is 1. The second kappa shape index (κ2) is 6.66. The van der Waals surface area contributed by atoms with Crippen molar-refractivity contribution in [3.8, 4) is 10.6 Å². The first kappa shape index (κ1) is 15.8. The molecular weight excluding hydrogens is 360 g/mol. The molecule has 0 radical (unpaired) electrons. The lowest BCUT2D eigenvalue weighted by atomic mass is 10.1. The van der Waals surface area contributed by atoms with Gasteiger partial charge in [0, 0.05) is 11.5 Å². The monoisotopic (exact) mass is 370 g/mol. The lowest BCUT2D eigenvalue weighted by molar-refractivity contribution is 0.0466. The lowest BCUT2D eigenvalue weighted by Gasteiger charge is -2.06. The molecule has 0 N–H and O–H groups in total. The van der Waals surface area contributed by atoms with E-state index >= 15 is 0 Å². The molecule has 4 rings (SSSR count). The van der Waals surface area contributed by atoms with Crippen molar-refractivity contribution in [2.75, 3.05) is 0 Å². The molecule has 0 saturated carbocycles. The Morgan fingerprint density at radius 1 is 1.20 bits per heavy atom. The molecular formula is C18H11ClN2O3S. The van der Waals surface area contributed by atoms with Gasteiger partial charge in [-0.25, -0.2) is 9.78 Å². The number of ether oxygens (including phenoxy) is 1. The Morgan fingerprint density at radius 2 is 2.08 bits per heavy atom. The van der Waals surface area contributed by atoms with Gasteiger partial charge in [-0.3, -0.25) is 0 Å². The number of rotatable bonds is 4. The van der Waals surface area contributed by atoms with Gasteiger partial charge in [0.05, 0.1) is 16.0 Å². The second-order valence-electron chi connectivity index (χ2n) is 5.25. The normalized spacial score (nSPS) is 10.9. The summed E-state index contributed by atoms with van der Waals surface area (Å²) in [5.74, 6) is 0.166. The van der Waals surface area contributed by atoms with Crippen LogP contribution in [0.3, 0.4) is 0 Å². The Kier molecular flexibility index (Phi) is 4.21. The number of hydrogen-bond acceptors (Lipinski definition) is 6. The van der Waals surface area contributed by atoms with Crippen molar-refractivity contribution in [3.63, 3.8) is 0 Å². The Hall–Kier alpha value is -2.70. The molecule has 0 amide bonds. The fourth-order valence-electron chi connectivity index (χ4n) is 2.44. The maximum Gasteiger partial charge on any atom is 0.339 e. The number of nitrogens with zero attached hydrogens (tertiary/aromatic N) is 2. The van der Waals surface area contributed by atoms with Crippen LogP contribution in [-0.2, 0) is 11.3 Å². The van der Waals surface area contributed by atoms with Crippen molar-refractivity contribution in [2.24, 2.45) is 0 Å². The van der Waals surface area contributed by atoms with Gasteiger partial charge in [-0.05, 0) is 23.6 Å². The van der Waals surface area contributed by atoms with Crippen molar-refractivity contribution in [2.45, 2.75) is 6.61 Å². The van der Waals surface area contributed by atoms with Gasteiger partial charge in [-0.1, -0.05) is 41.0 Å². The number of para-hydroxylation sites is 1. The fraction of sp³-hybridized carbons (Fsp3) is 0.0556. The van der Waals surface area contributed by atoms with Crippen LogP contribution in [0.2, 0.25) is 5.15 Å². The van der Waals surface area contributed by atoms with Gasteiger partial charge in [0.15, 0.2) is 5.76 Å². The van der Waals surface area contributed by atoms with E-state index in [1.54, 1.807) is 29.5 Å². The molecule has 0 saturated heterocycles. The summed E-state index contributed by atoms with van der Waals surface area (Å²) < 4.78 is 10.6. The lowest BCUT2D eigenvalue weighted by Crippen LogP contribution is -2.06. The summed E-state index contributed by atoms with van der Waals surface area (Å²) in [4.78, 5) is 17.6. The van der Waals surface area contributed by atoms with Crippen LogP contribution in [0, 0.1) is 0 Å². The molecule has 0 unspecified atom stereocenters. The van der Waals surface area contributed by atoms with Gasteiger partial charge >= 0.3 is 5.97 Å².